The molecule has 1 atom stereocenters. The summed E-state index contributed by atoms with van der Waals surface area (Å²) in [6.45, 7) is 9.26. The fourth-order valence-corrected chi connectivity index (χ4v) is 3.61. The lowest BCUT2D eigenvalue weighted by molar-refractivity contribution is 0.142. The fraction of sp³-hybridized carbons (Fsp3) is 0.905. The van der Waals surface area contributed by atoms with Crippen LogP contribution >= 0.6 is 0 Å². The van der Waals surface area contributed by atoms with E-state index in [4.69, 9.17) is 0 Å². The van der Waals surface area contributed by atoms with Gasteiger partial charge in [-0.2, -0.15) is 0 Å². The minimum Gasteiger partial charge on any atom is -0.356 e. The van der Waals surface area contributed by atoms with Gasteiger partial charge in [0.2, 0.25) is 0 Å². The van der Waals surface area contributed by atoms with Crippen LogP contribution in [0.2, 0.25) is 0 Å². The molecule has 1 rings (SSSR count). The van der Waals surface area contributed by atoms with Gasteiger partial charge in [-0.3, -0.25) is 0 Å². The van der Waals surface area contributed by atoms with Crippen molar-refractivity contribution in [2.45, 2.75) is 110 Å². The first-order chi connectivity index (χ1) is 11.3. The van der Waals surface area contributed by atoms with E-state index in [9.17, 15) is 0 Å². The van der Waals surface area contributed by atoms with Crippen LogP contribution in [0.1, 0.15) is 104 Å². The lowest BCUT2D eigenvalue weighted by Gasteiger charge is -2.32. The molecule has 0 aromatic carbocycles. The van der Waals surface area contributed by atoms with Crippen molar-refractivity contribution in [2.75, 3.05) is 13.1 Å². The molecule has 0 spiro atoms. The van der Waals surface area contributed by atoms with Crippen LogP contribution in [0.5, 0.6) is 0 Å². The first-order valence-electron chi connectivity index (χ1n) is 10.5. The molecule has 1 unspecified atom stereocenters. The monoisotopic (exact) mass is 322 g/mol. The van der Waals surface area contributed by atoms with Crippen LogP contribution in [0, 0.1) is 0 Å². The molecule has 0 saturated carbocycles. The van der Waals surface area contributed by atoms with Crippen molar-refractivity contribution in [3.8, 4) is 0 Å². The molecule has 2 nitrogen and oxygen atoms in total. The molecule has 0 radical (unpaired) electrons. The Morgan fingerprint density at radius 2 is 1.13 bits per heavy atom. The largest absolute Gasteiger partial charge is 0.356 e. The number of rotatable bonds is 15. The summed E-state index contributed by atoms with van der Waals surface area (Å²) >= 11 is 0. The van der Waals surface area contributed by atoms with Crippen molar-refractivity contribution in [2.24, 2.45) is 0 Å². The Bertz CT molecular complexity index is 288. The number of hydrogen-bond donors (Lipinski definition) is 0. The van der Waals surface area contributed by atoms with E-state index in [1.165, 1.54) is 90.0 Å². The van der Waals surface area contributed by atoms with Gasteiger partial charge < -0.3 is 9.80 Å². The van der Waals surface area contributed by atoms with Gasteiger partial charge in [-0.15, -0.1) is 0 Å². The molecule has 1 aliphatic rings. The second-order valence-corrected chi connectivity index (χ2v) is 7.17. The molecule has 0 saturated heterocycles. The summed E-state index contributed by atoms with van der Waals surface area (Å²) in [6, 6.07) is 0. The third kappa shape index (κ3) is 8.67. The Hall–Kier alpha value is -0.660. The minimum absolute atomic E-state index is 0.639. The van der Waals surface area contributed by atoms with E-state index in [1.54, 1.807) is 0 Å². The van der Waals surface area contributed by atoms with Crippen molar-refractivity contribution in [1.82, 2.24) is 9.80 Å². The van der Waals surface area contributed by atoms with Gasteiger partial charge in [-0.1, -0.05) is 78.1 Å². The molecule has 1 heterocycles. The van der Waals surface area contributed by atoms with Gasteiger partial charge >= 0.3 is 0 Å². The van der Waals surface area contributed by atoms with Crippen molar-refractivity contribution < 1.29 is 0 Å². The van der Waals surface area contributed by atoms with Crippen LogP contribution in [0.4, 0.5) is 0 Å². The summed E-state index contributed by atoms with van der Waals surface area (Å²) in [7, 11) is 0. The molecule has 0 N–H and O–H groups in total. The van der Waals surface area contributed by atoms with Crippen molar-refractivity contribution in [3.05, 3.63) is 12.4 Å². The van der Waals surface area contributed by atoms with E-state index in [1.807, 2.05) is 0 Å². The maximum Gasteiger partial charge on any atom is 0.101 e. The zero-order valence-corrected chi connectivity index (χ0v) is 16.2. The third-order valence-electron chi connectivity index (χ3n) is 5.17. The van der Waals surface area contributed by atoms with Gasteiger partial charge in [-0.25, -0.2) is 0 Å². The number of nitrogens with zero attached hydrogens (tertiary/aromatic N) is 2. The summed E-state index contributed by atoms with van der Waals surface area (Å²) in [6.07, 6.45) is 23.5. The molecular formula is C21H42N2. The molecule has 0 bridgehead atoms. The SMILES string of the molecule is CCCCCCCCCCCN1C=CN(CC)C1CCCCC. The average Bonchev–Trinajstić information content (AvgIpc) is 2.95. The topological polar surface area (TPSA) is 6.48 Å². The summed E-state index contributed by atoms with van der Waals surface area (Å²) in [5, 5.41) is 0. The molecule has 0 amide bonds. The van der Waals surface area contributed by atoms with Gasteiger partial charge in [0.15, 0.2) is 0 Å². The second kappa shape index (κ2) is 13.7. The van der Waals surface area contributed by atoms with Crippen LogP contribution < -0.4 is 0 Å². The maximum atomic E-state index is 2.60. The highest BCUT2D eigenvalue weighted by atomic mass is 15.4. The van der Waals surface area contributed by atoms with Gasteiger partial charge in [0, 0.05) is 25.5 Å². The van der Waals surface area contributed by atoms with E-state index in [2.05, 4.69) is 43.0 Å². The van der Waals surface area contributed by atoms with Gasteiger partial charge in [-0.05, 0) is 26.2 Å². The molecule has 0 aliphatic carbocycles. The minimum atomic E-state index is 0.639. The van der Waals surface area contributed by atoms with Crippen LogP contribution in [-0.4, -0.2) is 29.1 Å². The summed E-state index contributed by atoms with van der Waals surface area (Å²) in [5.41, 5.74) is 0. The molecule has 2 heteroatoms. The van der Waals surface area contributed by atoms with Crippen LogP contribution in [0.3, 0.4) is 0 Å². The van der Waals surface area contributed by atoms with E-state index in [-0.39, 0.29) is 0 Å². The Morgan fingerprint density at radius 3 is 1.74 bits per heavy atom. The molecule has 1 aliphatic heterocycles. The van der Waals surface area contributed by atoms with E-state index in [0.717, 1.165) is 6.54 Å². The normalized spacial score (nSPS) is 17.4. The standard InChI is InChI=1S/C21H42N2/c1-4-7-9-10-11-12-13-14-16-18-23-20-19-22(6-3)21(23)17-15-8-5-2/h19-21H,4-18H2,1-3H3. The molecule has 0 fully saturated rings. The van der Waals surface area contributed by atoms with E-state index >= 15 is 0 Å². The first kappa shape index (κ1) is 20.4. The third-order valence-corrected chi connectivity index (χ3v) is 5.17. The molecule has 23 heavy (non-hydrogen) atoms. The van der Waals surface area contributed by atoms with Crippen LogP contribution in [-0.2, 0) is 0 Å². The van der Waals surface area contributed by atoms with Gasteiger partial charge in [0.05, 0.1) is 0 Å². The quantitative estimate of drug-likeness (QED) is 0.316. The molecule has 0 aromatic heterocycles. The zero-order chi connectivity index (χ0) is 16.8. The highest BCUT2D eigenvalue weighted by Gasteiger charge is 2.23. The van der Waals surface area contributed by atoms with E-state index in [0.29, 0.717) is 6.17 Å². The maximum absolute atomic E-state index is 2.60. The number of hydrogen-bond acceptors (Lipinski definition) is 2. The Morgan fingerprint density at radius 1 is 0.609 bits per heavy atom. The summed E-state index contributed by atoms with van der Waals surface area (Å²) in [4.78, 5) is 5.11. The van der Waals surface area contributed by atoms with E-state index < -0.39 is 0 Å². The predicted octanol–water partition coefficient (Wildman–Crippen LogP) is 6.53. The first-order valence-corrected chi connectivity index (χ1v) is 10.5. The van der Waals surface area contributed by atoms with Crippen LogP contribution in [0.25, 0.3) is 0 Å². The summed E-state index contributed by atoms with van der Waals surface area (Å²) in [5.74, 6) is 0. The van der Waals surface area contributed by atoms with Crippen molar-refractivity contribution >= 4 is 0 Å². The lowest BCUT2D eigenvalue weighted by Crippen LogP contribution is -2.38. The van der Waals surface area contributed by atoms with Gasteiger partial charge in [0.25, 0.3) is 0 Å². The molecule has 0 aromatic rings. The highest BCUT2D eigenvalue weighted by molar-refractivity contribution is 4.96. The predicted molar refractivity (Wildman–Crippen MR) is 103 cm³/mol. The Kier molecular flexibility index (Phi) is 12.2. The highest BCUT2D eigenvalue weighted by Crippen LogP contribution is 2.22. The van der Waals surface area contributed by atoms with Crippen molar-refractivity contribution in [3.63, 3.8) is 0 Å². The molecule has 136 valence electrons. The van der Waals surface area contributed by atoms with Crippen molar-refractivity contribution in [1.29, 1.82) is 0 Å². The Labute approximate surface area is 146 Å². The smallest absolute Gasteiger partial charge is 0.101 e. The Balaban J connectivity index is 2.08. The number of unbranched alkanes of at least 4 members (excludes halogenated alkanes) is 10. The zero-order valence-electron chi connectivity index (χ0n) is 16.2. The molecular weight excluding hydrogens is 280 g/mol. The second-order valence-electron chi connectivity index (χ2n) is 7.17. The lowest BCUT2D eigenvalue weighted by atomic mass is 10.1. The summed E-state index contributed by atoms with van der Waals surface area (Å²) < 4.78 is 0. The average molecular weight is 323 g/mol. The van der Waals surface area contributed by atoms with Crippen LogP contribution in [0.15, 0.2) is 12.4 Å². The fourth-order valence-electron chi connectivity index (χ4n) is 3.61. The van der Waals surface area contributed by atoms with Gasteiger partial charge in [0.1, 0.15) is 6.17 Å².